The van der Waals surface area contributed by atoms with E-state index in [1.165, 1.54) is 0 Å². The van der Waals surface area contributed by atoms with Gasteiger partial charge in [-0.1, -0.05) is 261 Å². The van der Waals surface area contributed by atoms with Crippen LogP contribution >= 0.6 is 27.0 Å². The molecular weight excluding hydrogens is 1260 g/mol. The van der Waals surface area contributed by atoms with E-state index in [1.54, 1.807) is 0 Å². The fraction of sp³-hybridized carbons (Fsp3) is 0.762. The molecule has 552 valence electrons. The quantitative estimate of drug-likeness (QED) is 0.139. The highest BCUT2D eigenvalue weighted by atomic mass is 32.1. The van der Waals surface area contributed by atoms with Crippen molar-refractivity contribution in [3.05, 3.63) is 0 Å². The minimum atomic E-state index is -0.866. The van der Waals surface area contributed by atoms with Crippen LogP contribution in [0, 0.1) is 173 Å². The number of rotatable bonds is 12. The zero-order chi connectivity index (χ0) is 76.2. The number of carbonyl (C=O) groups excluding carboxylic acids is 8. The molecule has 12 nitrogen and oxygen atoms in total. The lowest BCUT2D eigenvalue weighted by molar-refractivity contribution is -0.137. The Balaban J connectivity index is 0. The van der Waals surface area contributed by atoms with E-state index < -0.39 is 65.5 Å². The van der Waals surface area contributed by atoms with Gasteiger partial charge in [-0.2, -0.15) is 27.0 Å². The fourth-order valence-corrected chi connectivity index (χ4v) is 12.4. The summed E-state index contributed by atoms with van der Waals surface area (Å²) in [6.45, 7) is 71.1. The molecule has 0 radical (unpaired) electrons. The van der Waals surface area contributed by atoms with E-state index in [0.717, 1.165) is 25.7 Å². The van der Waals surface area contributed by atoms with Crippen LogP contribution < -0.4 is 21.3 Å². The van der Waals surface area contributed by atoms with Crippen LogP contribution in [0.15, 0.2) is 0 Å². The van der Waals surface area contributed by atoms with Crippen LogP contribution in [0.4, 0.5) is 0 Å². The van der Waals surface area contributed by atoms with Crippen molar-refractivity contribution in [3.63, 3.8) is 0 Å². The van der Waals surface area contributed by atoms with Crippen LogP contribution in [-0.2, 0) is 38.4 Å². The van der Waals surface area contributed by atoms with Crippen LogP contribution in [0.25, 0.3) is 0 Å². The number of carbonyl (C=O) groups is 8. The van der Waals surface area contributed by atoms with E-state index in [9.17, 15) is 38.4 Å². The second-order valence-corrected chi connectivity index (χ2v) is 41.0. The van der Waals surface area contributed by atoms with Gasteiger partial charge >= 0.3 is 0 Å². The van der Waals surface area contributed by atoms with Gasteiger partial charge in [-0.3, -0.25) is 38.4 Å². The Morgan fingerprint density at radius 3 is 0.694 bits per heavy atom. The number of amides is 4. The summed E-state index contributed by atoms with van der Waals surface area (Å²) in [5.74, 6) is 27.3. The Hall–Kier alpha value is -5.38. The molecule has 4 aliphatic rings. The van der Waals surface area contributed by atoms with Gasteiger partial charge in [0.05, 0.1) is 0 Å². The summed E-state index contributed by atoms with van der Waals surface area (Å²) in [5.41, 5.74) is -7.08. The second-order valence-electron chi connectivity index (χ2n) is 41.0. The first kappa shape index (κ1) is 94.7. The molecule has 14 heteroatoms. The number of terminal acetylenes is 2. The van der Waals surface area contributed by atoms with Gasteiger partial charge in [0.2, 0.25) is 23.6 Å². The zero-order valence-corrected chi connectivity index (χ0v) is 70.1. The molecular formula is C84H136N4O8S2. The summed E-state index contributed by atoms with van der Waals surface area (Å²) in [6, 6.07) is 0. The molecule has 4 N–H and O–H groups in total. The molecule has 0 aromatic heterocycles. The molecule has 0 heterocycles. The lowest BCUT2D eigenvalue weighted by atomic mass is 9.74. The van der Waals surface area contributed by atoms with Gasteiger partial charge in [-0.15, -0.1) is 12.8 Å². The van der Waals surface area contributed by atoms with Crippen molar-refractivity contribution in [3.8, 4) is 72.1 Å². The van der Waals surface area contributed by atoms with E-state index in [-0.39, 0.29) is 131 Å². The summed E-state index contributed by atoms with van der Waals surface area (Å²) in [5, 5.41) is 12.4. The Morgan fingerprint density at radius 1 is 0.316 bits per heavy atom. The number of ketones is 4. The number of nitrogens with one attached hydrogen (secondary N) is 4. The maximum atomic E-state index is 13.3. The lowest BCUT2D eigenvalue weighted by Crippen LogP contribution is -2.53. The van der Waals surface area contributed by atoms with Gasteiger partial charge < -0.3 is 21.3 Å². The number of hydrogen-bond donors (Lipinski definition) is 4. The van der Waals surface area contributed by atoms with Crippen molar-refractivity contribution in [2.24, 2.45) is 100 Å². The third-order valence-electron chi connectivity index (χ3n) is 17.9. The Morgan fingerprint density at radius 2 is 0.520 bits per heavy atom. The molecule has 0 bridgehead atoms. The predicted octanol–water partition coefficient (Wildman–Crippen LogP) is 15.8. The average Bonchev–Trinajstić information content (AvgIpc) is 1.58. The Bertz CT molecular complexity index is 3060. The summed E-state index contributed by atoms with van der Waals surface area (Å²) in [6.07, 6.45) is 15.0. The first-order valence-corrected chi connectivity index (χ1v) is 34.8. The Kier molecular flexibility index (Phi) is 31.2. The molecule has 4 rings (SSSR count). The molecule has 0 aromatic rings. The normalized spacial score (nSPS) is 23.9. The maximum Gasteiger partial charge on any atom is 0.226 e. The minimum Gasteiger partial charge on any atom is -0.343 e. The molecule has 4 aliphatic carbocycles. The SMILES string of the molecule is C#CC#CC#CC(C1C[C@@]1(NC(=O)C(C)(C)C)C(=O)C(C)(C)C)C(C)(C)C.C#CC#CC#CC([C@@H]1C[C@@]1(NC(=O)C(C)(C)C)C(=O)C(C)(C)C)C(C)(C)C.CC(C)(C)C[C@@H]1C[C@]1(NC(=O)C(C)(C)C)C(=O)C(C)(C)C.CC(C)(C)C[C@H]1C[C@]1(NC(=O)C(C)(C)C)C(=O)C(C)(C)C.S.S. The Labute approximate surface area is 612 Å². The van der Waals surface area contributed by atoms with Gasteiger partial charge in [0.25, 0.3) is 0 Å². The van der Waals surface area contributed by atoms with E-state index >= 15 is 0 Å². The van der Waals surface area contributed by atoms with Crippen molar-refractivity contribution in [1.29, 1.82) is 0 Å². The highest BCUT2D eigenvalue weighted by Gasteiger charge is 2.69. The molecule has 4 fully saturated rings. The zero-order valence-electron chi connectivity index (χ0n) is 68.1. The molecule has 3 unspecified atom stereocenters. The first-order valence-electron chi connectivity index (χ1n) is 34.8. The second kappa shape index (κ2) is 32.3. The van der Waals surface area contributed by atoms with Crippen molar-refractivity contribution in [2.75, 3.05) is 0 Å². The fourth-order valence-electron chi connectivity index (χ4n) is 12.4. The molecule has 0 saturated heterocycles. The van der Waals surface area contributed by atoms with Crippen LogP contribution in [0.2, 0.25) is 0 Å². The first-order chi connectivity index (χ1) is 42.3. The summed E-state index contributed by atoms with van der Waals surface area (Å²) < 4.78 is 0. The summed E-state index contributed by atoms with van der Waals surface area (Å²) in [7, 11) is 0. The third-order valence-corrected chi connectivity index (χ3v) is 17.9. The number of Topliss-reactive ketones (excluding diaryl/α,β-unsaturated/α-hetero) is 4. The maximum absolute atomic E-state index is 13.3. The smallest absolute Gasteiger partial charge is 0.226 e. The molecule has 0 aliphatic heterocycles. The van der Waals surface area contributed by atoms with Gasteiger partial charge in [-0.25, -0.2) is 0 Å². The van der Waals surface area contributed by atoms with E-state index in [0.29, 0.717) is 12.8 Å². The molecule has 10 atom stereocenters. The van der Waals surface area contributed by atoms with Crippen molar-refractivity contribution in [2.45, 2.75) is 310 Å². The van der Waals surface area contributed by atoms with Gasteiger partial charge in [0, 0.05) is 67.0 Å². The monoisotopic (exact) mass is 1390 g/mol. The molecule has 98 heavy (non-hydrogen) atoms. The molecule has 0 aromatic carbocycles. The average molecular weight is 1390 g/mol. The lowest BCUT2D eigenvalue weighted by Gasteiger charge is -2.33. The van der Waals surface area contributed by atoms with E-state index in [4.69, 9.17) is 12.8 Å². The van der Waals surface area contributed by atoms with E-state index in [2.05, 4.69) is 164 Å². The van der Waals surface area contributed by atoms with Crippen molar-refractivity contribution >= 4 is 73.8 Å². The highest BCUT2D eigenvalue weighted by Crippen LogP contribution is 2.59. The van der Waals surface area contributed by atoms with Crippen LogP contribution in [-0.4, -0.2) is 68.9 Å². The highest BCUT2D eigenvalue weighted by molar-refractivity contribution is 7.59. The number of hydrogen-bond acceptors (Lipinski definition) is 8. The standard InChI is InChI=1S/2C24H33NO2.2C18H33NO2.2H2S/c2*1-11-12-13-14-15-17(21(2,3)4)18-16-24(18,19(26)22(5,6)7)25-20(27)23(8,9)10;2*1-15(2,3)10-12-11-18(12,13(20)16(4,5)6)19-14(21)17(7,8)9;;/h2*1,17-18H,16H2,2-10H3,(H,25,27);2*12H,10-11H2,1-9H3,(H,19,21);2*1H2/t17?,18?,24-;17?,18-,24-;12-,18+;12-,18-;;/m0001../s1. The largest absolute Gasteiger partial charge is 0.343 e. The molecule has 4 saturated carbocycles. The predicted molar refractivity (Wildman–Crippen MR) is 415 cm³/mol. The van der Waals surface area contributed by atoms with Gasteiger partial charge in [-0.05, 0) is 119 Å². The molecule has 4 amide bonds. The van der Waals surface area contributed by atoms with Crippen LogP contribution in [0.5, 0.6) is 0 Å². The third kappa shape index (κ3) is 26.9. The molecule has 0 spiro atoms. The van der Waals surface area contributed by atoms with Crippen LogP contribution in [0.3, 0.4) is 0 Å². The van der Waals surface area contributed by atoms with Gasteiger partial charge in [0.1, 0.15) is 22.2 Å². The van der Waals surface area contributed by atoms with Crippen LogP contribution in [0.1, 0.15) is 288 Å². The van der Waals surface area contributed by atoms with Crippen molar-refractivity contribution in [1.82, 2.24) is 21.3 Å². The minimum absolute atomic E-state index is 0. The summed E-state index contributed by atoms with van der Waals surface area (Å²) in [4.78, 5) is 103. The van der Waals surface area contributed by atoms with Gasteiger partial charge in [0.15, 0.2) is 23.1 Å². The van der Waals surface area contributed by atoms with Crippen molar-refractivity contribution < 1.29 is 38.4 Å². The summed E-state index contributed by atoms with van der Waals surface area (Å²) >= 11 is 0. The topological polar surface area (TPSA) is 185 Å². The van der Waals surface area contributed by atoms with E-state index in [1.807, 2.05) is 166 Å².